The summed E-state index contributed by atoms with van der Waals surface area (Å²) in [6, 6.07) is 5.37. The molecule has 0 fully saturated rings. The van der Waals surface area contributed by atoms with Crippen molar-refractivity contribution < 1.29 is 0 Å². The first kappa shape index (κ1) is 17.8. The second-order valence-corrected chi connectivity index (χ2v) is 4.43. The number of nitrogens with two attached hydrogens (primary N) is 1. The second kappa shape index (κ2) is 8.82. The van der Waals surface area contributed by atoms with Crippen LogP contribution in [0.1, 0.15) is 19.4 Å². The van der Waals surface area contributed by atoms with Crippen molar-refractivity contribution in [1.82, 2.24) is 4.90 Å². The van der Waals surface area contributed by atoms with Gasteiger partial charge in [-0.25, -0.2) is 4.99 Å². The molecule has 1 aromatic carbocycles. The van der Waals surface area contributed by atoms with Crippen molar-refractivity contribution in [3.8, 4) is 0 Å². The first-order chi connectivity index (χ1) is 8.08. The molecule has 2 N–H and O–H groups in total. The molecule has 102 valence electrons. The molecule has 18 heavy (non-hydrogen) atoms. The molecule has 0 unspecified atom stereocenters. The van der Waals surface area contributed by atoms with Gasteiger partial charge in [0, 0.05) is 23.1 Å². The van der Waals surface area contributed by atoms with Crippen LogP contribution < -0.4 is 5.73 Å². The van der Waals surface area contributed by atoms with E-state index in [4.69, 9.17) is 28.9 Å². The molecule has 0 bridgehead atoms. The van der Waals surface area contributed by atoms with Crippen LogP contribution in [0.4, 0.5) is 0 Å². The fourth-order valence-electron chi connectivity index (χ4n) is 1.46. The highest BCUT2D eigenvalue weighted by Crippen LogP contribution is 2.21. The van der Waals surface area contributed by atoms with E-state index in [-0.39, 0.29) is 24.0 Å². The van der Waals surface area contributed by atoms with Crippen molar-refractivity contribution >= 4 is 53.1 Å². The number of aliphatic imine (C=N–C) groups is 1. The summed E-state index contributed by atoms with van der Waals surface area (Å²) in [4.78, 5) is 6.31. The number of guanidine groups is 1. The molecule has 0 aliphatic heterocycles. The van der Waals surface area contributed by atoms with E-state index in [1.165, 1.54) is 0 Å². The fourth-order valence-corrected chi connectivity index (χ4v) is 1.93. The Hall–Kier alpha value is -0.200. The van der Waals surface area contributed by atoms with Crippen LogP contribution in [-0.2, 0) is 6.54 Å². The minimum absolute atomic E-state index is 0. The highest BCUT2D eigenvalue weighted by molar-refractivity contribution is 14.0. The lowest BCUT2D eigenvalue weighted by atomic mass is 10.2. The van der Waals surface area contributed by atoms with E-state index in [1.54, 1.807) is 12.1 Å². The molecular weight excluding hydrogens is 384 g/mol. The van der Waals surface area contributed by atoms with Gasteiger partial charge in [0.05, 0.1) is 6.54 Å². The lowest BCUT2D eigenvalue weighted by Crippen LogP contribution is -2.37. The molecule has 0 aliphatic rings. The van der Waals surface area contributed by atoms with E-state index in [0.29, 0.717) is 22.5 Å². The number of hydrogen-bond donors (Lipinski definition) is 1. The molecular formula is C12H18Cl2IN3. The molecule has 6 heteroatoms. The SMILES string of the molecule is CCN(CC)C(N)=NCc1ccc(Cl)cc1Cl.I. The van der Waals surface area contributed by atoms with Gasteiger partial charge in [0.2, 0.25) is 0 Å². The predicted octanol–water partition coefficient (Wildman–Crippen LogP) is 3.77. The van der Waals surface area contributed by atoms with Crippen LogP contribution in [0.15, 0.2) is 23.2 Å². The Bertz CT molecular complexity index is 406. The third-order valence-corrected chi connectivity index (χ3v) is 3.10. The second-order valence-electron chi connectivity index (χ2n) is 3.58. The Morgan fingerprint density at radius 2 is 1.89 bits per heavy atom. The van der Waals surface area contributed by atoms with Gasteiger partial charge in [-0.1, -0.05) is 29.3 Å². The summed E-state index contributed by atoms with van der Waals surface area (Å²) in [5.41, 5.74) is 6.80. The zero-order valence-corrected chi connectivity index (χ0v) is 14.3. The average Bonchev–Trinajstić information content (AvgIpc) is 2.29. The normalized spacial score (nSPS) is 11.0. The average molecular weight is 402 g/mol. The highest BCUT2D eigenvalue weighted by Gasteiger charge is 2.04. The zero-order valence-electron chi connectivity index (χ0n) is 10.5. The van der Waals surface area contributed by atoms with Crippen molar-refractivity contribution in [3.63, 3.8) is 0 Å². The quantitative estimate of drug-likeness (QED) is 0.474. The van der Waals surface area contributed by atoms with Gasteiger partial charge in [-0.3, -0.25) is 0 Å². The highest BCUT2D eigenvalue weighted by atomic mass is 127. The maximum atomic E-state index is 6.05. The third-order valence-electron chi connectivity index (χ3n) is 2.51. The monoisotopic (exact) mass is 401 g/mol. The molecule has 1 rings (SSSR count). The number of halogens is 3. The summed E-state index contributed by atoms with van der Waals surface area (Å²) >= 11 is 11.9. The van der Waals surface area contributed by atoms with Crippen LogP contribution in [0.25, 0.3) is 0 Å². The van der Waals surface area contributed by atoms with Gasteiger partial charge in [-0.05, 0) is 31.5 Å². The Morgan fingerprint density at radius 3 is 2.39 bits per heavy atom. The van der Waals surface area contributed by atoms with Gasteiger partial charge in [-0.15, -0.1) is 24.0 Å². The number of nitrogens with zero attached hydrogens (tertiary/aromatic N) is 2. The van der Waals surface area contributed by atoms with Crippen molar-refractivity contribution in [3.05, 3.63) is 33.8 Å². The molecule has 0 saturated carbocycles. The molecule has 0 atom stereocenters. The van der Waals surface area contributed by atoms with Crippen LogP contribution in [0.5, 0.6) is 0 Å². The predicted molar refractivity (Wildman–Crippen MR) is 90.1 cm³/mol. The standard InChI is InChI=1S/C12H17Cl2N3.HI/c1-3-17(4-2)12(15)16-8-9-5-6-10(13)7-11(9)14;/h5-7H,3-4,8H2,1-2H3,(H2,15,16);1H. The van der Waals surface area contributed by atoms with E-state index in [9.17, 15) is 0 Å². The third kappa shape index (κ3) is 5.20. The van der Waals surface area contributed by atoms with Gasteiger partial charge < -0.3 is 10.6 Å². The molecule has 0 spiro atoms. The summed E-state index contributed by atoms with van der Waals surface area (Å²) < 4.78 is 0. The summed E-state index contributed by atoms with van der Waals surface area (Å²) in [7, 11) is 0. The zero-order chi connectivity index (χ0) is 12.8. The van der Waals surface area contributed by atoms with Gasteiger partial charge in [0.1, 0.15) is 0 Å². The van der Waals surface area contributed by atoms with Crippen molar-refractivity contribution in [2.24, 2.45) is 10.7 Å². The smallest absolute Gasteiger partial charge is 0.191 e. The van der Waals surface area contributed by atoms with E-state index >= 15 is 0 Å². The summed E-state index contributed by atoms with van der Waals surface area (Å²) in [5, 5.41) is 1.24. The maximum absolute atomic E-state index is 6.05. The Morgan fingerprint density at radius 1 is 1.28 bits per heavy atom. The lowest BCUT2D eigenvalue weighted by molar-refractivity contribution is 0.458. The van der Waals surface area contributed by atoms with Crippen LogP contribution in [-0.4, -0.2) is 23.9 Å². The minimum Gasteiger partial charge on any atom is -0.370 e. The Labute approximate surface area is 135 Å². The molecule has 0 heterocycles. The largest absolute Gasteiger partial charge is 0.370 e. The Balaban J connectivity index is 0.00000289. The maximum Gasteiger partial charge on any atom is 0.191 e. The van der Waals surface area contributed by atoms with Crippen molar-refractivity contribution in [2.45, 2.75) is 20.4 Å². The summed E-state index contributed by atoms with van der Waals surface area (Å²) in [6.45, 7) is 6.25. The van der Waals surface area contributed by atoms with Crippen molar-refractivity contribution in [1.29, 1.82) is 0 Å². The van der Waals surface area contributed by atoms with Gasteiger partial charge in [-0.2, -0.15) is 0 Å². The number of rotatable bonds is 4. The topological polar surface area (TPSA) is 41.6 Å². The van der Waals surface area contributed by atoms with Crippen LogP contribution in [0.2, 0.25) is 10.0 Å². The molecule has 1 aromatic rings. The number of benzene rings is 1. The van der Waals surface area contributed by atoms with E-state index in [0.717, 1.165) is 18.7 Å². The number of hydrogen-bond acceptors (Lipinski definition) is 1. The molecule has 0 aliphatic carbocycles. The van der Waals surface area contributed by atoms with E-state index < -0.39 is 0 Å². The molecule has 0 radical (unpaired) electrons. The molecule has 3 nitrogen and oxygen atoms in total. The molecule has 0 saturated heterocycles. The van der Waals surface area contributed by atoms with Crippen molar-refractivity contribution in [2.75, 3.05) is 13.1 Å². The first-order valence-corrected chi connectivity index (χ1v) is 6.32. The first-order valence-electron chi connectivity index (χ1n) is 5.57. The lowest BCUT2D eigenvalue weighted by Gasteiger charge is -2.19. The van der Waals surface area contributed by atoms with Crippen LogP contribution in [0, 0.1) is 0 Å². The van der Waals surface area contributed by atoms with Crippen LogP contribution >= 0.6 is 47.2 Å². The van der Waals surface area contributed by atoms with Gasteiger partial charge in [0.15, 0.2) is 5.96 Å². The summed E-state index contributed by atoms with van der Waals surface area (Å²) in [6.07, 6.45) is 0. The molecule has 0 amide bonds. The fraction of sp³-hybridized carbons (Fsp3) is 0.417. The van der Waals surface area contributed by atoms with E-state index in [2.05, 4.69) is 4.99 Å². The summed E-state index contributed by atoms with van der Waals surface area (Å²) in [5.74, 6) is 0.543. The van der Waals surface area contributed by atoms with Crippen LogP contribution in [0.3, 0.4) is 0 Å². The van der Waals surface area contributed by atoms with E-state index in [1.807, 2.05) is 24.8 Å². The minimum atomic E-state index is 0. The molecule has 0 aromatic heterocycles. The Kier molecular flexibility index (Phi) is 8.73. The van der Waals surface area contributed by atoms with Gasteiger partial charge >= 0.3 is 0 Å². The van der Waals surface area contributed by atoms with Gasteiger partial charge in [0.25, 0.3) is 0 Å².